The molecule has 2 aromatic heterocycles. The molecule has 1 aliphatic carbocycles. The van der Waals surface area contributed by atoms with E-state index in [1.165, 1.54) is 26.8 Å². The highest BCUT2D eigenvalue weighted by atomic mass is 31.1. The quantitative estimate of drug-likeness (QED) is 0.449. The molecule has 3 heteroatoms. The molecule has 1 aliphatic rings. The van der Waals surface area contributed by atoms with Crippen molar-refractivity contribution in [3.05, 3.63) is 109 Å². The minimum absolute atomic E-state index is 0.665. The average Bonchev–Trinajstić information content (AvgIpc) is 2.97. The van der Waals surface area contributed by atoms with Crippen molar-refractivity contribution in [1.82, 2.24) is 9.61 Å². The van der Waals surface area contributed by atoms with E-state index in [2.05, 4.69) is 108 Å². The Balaban J connectivity index is 1.76. The van der Waals surface area contributed by atoms with Crippen molar-refractivity contribution in [3.63, 3.8) is 0 Å². The fourth-order valence-electron chi connectivity index (χ4n) is 3.58. The Bertz CT molecular complexity index is 1200. The van der Waals surface area contributed by atoms with Crippen LogP contribution >= 0.6 is 7.92 Å². The maximum absolute atomic E-state index is 4.78. The van der Waals surface area contributed by atoms with Crippen molar-refractivity contribution >= 4 is 35.0 Å². The van der Waals surface area contributed by atoms with Gasteiger partial charge in [0.15, 0.2) is 0 Å². The van der Waals surface area contributed by atoms with Crippen LogP contribution in [0.4, 0.5) is 0 Å². The van der Waals surface area contributed by atoms with Gasteiger partial charge in [-0.3, -0.25) is 0 Å². The van der Waals surface area contributed by atoms with E-state index in [9.17, 15) is 0 Å². The maximum atomic E-state index is 4.78. The summed E-state index contributed by atoms with van der Waals surface area (Å²) in [5.41, 5.74) is 2.33. The lowest BCUT2D eigenvalue weighted by Crippen LogP contribution is -2.12. The smallest absolute Gasteiger partial charge is 0.0752 e. The summed E-state index contributed by atoms with van der Waals surface area (Å²) in [4.78, 5) is 0. The Morgan fingerprint density at radius 3 is 2.59 bits per heavy atom. The van der Waals surface area contributed by atoms with Gasteiger partial charge in [-0.1, -0.05) is 85.0 Å². The number of hydrogen-bond acceptors (Lipinski definition) is 1. The summed E-state index contributed by atoms with van der Waals surface area (Å²) in [5, 5.41) is 9.99. The predicted octanol–water partition coefficient (Wildman–Crippen LogP) is 5.32. The van der Waals surface area contributed by atoms with Gasteiger partial charge < -0.3 is 0 Å². The van der Waals surface area contributed by atoms with Crippen molar-refractivity contribution in [2.45, 2.75) is 6.42 Å². The molecule has 1 atom stereocenters. The topological polar surface area (TPSA) is 17.3 Å². The highest BCUT2D eigenvalue weighted by molar-refractivity contribution is 7.77. The first-order valence-corrected chi connectivity index (χ1v) is 10.5. The van der Waals surface area contributed by atoms with Gasteiger partial charge in [0.25, 0.3) is 0 Å². The van der Waals surface area contributed by atoms with E-state index < -0.39 is 7.92 Å². The molecule has 4 aromatic rings. The minimum atomic E-state index is -0.665. The molecule has 0 saturated heterocycles. The molecule has 0 amide bonds. The first-order chi connectivity index (χ1) is 13.4. The van der Waals surface area contributed by atoms with Gasteiger partial charge in [0.1, 0.15) is 0 Å². The number of pyridine rings is 1. The third-order valence-corrected chi connectivity index (χ3v) is 7.30. The molecular formula is C24H19N2P. The van der Waals surface area contributed by atoms with E-state index in [-0.39, 0.29) is 0 Å². The molecular weight excluding hydrogens is 347 g/mol. The Morgan fingerprint density at radius 2 is 1.67 bits per heavy atom. The highest BCUT2D eigenvalue weighted by Crippen LogP contribution is 2.45. The largest absolute Gasteiger partial charge is 0.232 e. The number of fused-ring (bicyclic) bond motifs is 3. The van der Waals surface area contributed by atoms with Gasteiger partial charge in [0, 0.05) is 10.7 Å². The fraction of sp³-hybridized carbons (Fsp3) is 0.0417. The van der Waals surface area contributed by atoms with Crippen LogP contribution in [0.1, 0.15) is 6.42 Å². The van der Waals surface area contributed by atoms with Gasteiger partial charge in [-0.15, -0.1) is 0 Å². The van der Waals surface area contributed by atoms with Crippen LogP contribution in [0.15, 0.2) is 109 Å². The normalized spacial score (nSPS) is 15.0. The van der Waals surface area contributed by atoms with Crippen LogP contribution in [0.3, 0.4) is 0 Å². The van der Waals surface area contributed by atoms with Gasteiger partial charge in [0.2, 0.25) is 0 Å². The van der Waals surface area contributed by atoms with Gasteiger partial charge >= 0.3 is 0 Å². The van der Waals surface area contributed by atoms with Crippen LogP contribution in [0.5, 0.6) is 0 Å². The third-order valence-electron chi connectivity index (χ3n) is 4.85. The van der Waals surface area contributed by atoms with Crippen molar-refractivity contribution in [1.29, 1.82) is 0 Å². The zero-order valence-electron chi connectivity index (χ0n) is 14.9. The van der Waals surface area contributed by atoms with E-state index in [1.807, 2.05) is 0 Å². The Labute approximate surface area is 159 Å². The van der Waals surface area contributed by atoms with Crippen molar-refractivity contribution in [3.8, 4) is 0 Å². The van der Waals surface area contributed by atoms with Crippen molar-refractivity contribution in [2.24, 2.45) is 0 Å². The molecule has 5 rings (SSSR count). The van der Waals surface area contributed by atoms with Crippen molar-refractivity contribution in [2.75, 3.05) is 0 Å². The first-order valence-electron chi connectivity index (χ1n) is 9.16. The Hall–Kier alpha value is -2.96. The Morgan fingerprint density at radius 1 is 0.815 bits per heavy atom. The number of nitrogens with zero attached hydrogens (tertiary/aromatic N) is 2. The second-order valence-electron chi connectivity index (χ2n) is 6.55. The van der Waals surface area contributed by atoms with Crippen molar-refractivity contribution < 1.29 is 0 Å². The number of rotatable bonds is 3. The second kappa shape index (κ2) is 6.98. The lowest BCUT2D eigenvalue weighted by Gasteiger charge is -2.19. The maximum Gasteiger partial charge on any atom is 0.0752 e. The summed E-state index contributed by atoms with van der Waals surface area (Å²) in [6.45, 7) is 0. The molecule has 0 fully saturated rings. The van der Waals surface area contributed by atoms with E-state index in [1.54, 1.807) is 0 Å². The highest BCUT2D eigenvalue weighted by Gasteiger charge is 2.21. The number of benzene rings is 2. The van der Waals surface area contributed by atoms with E-state index in [0.29, 0.717) is 0 Å². The van der Waals surface area contributed by atoms with Crippen LogP contribution in [-0.2, 0) is 0 Å². The third kappa shape index (κ3) is 2.93. The molecule has 0 saturated carbocycles. The number of hydrogen-bond donors (Lipinski definition) is 0. The van der Waals surface area contributed by atoms with Gasteiger partial charge in [-0.25, -0.2) is 4.52 Å². The molecule has 0 aliphatic heterocycles. The van der Waals surface area contributed by atoms with Gasteiger partial charge in [0.05, 0.1) is 17.2 Å². The molecule has 130 valence electrons. The predicted molar refractivity (Wildman–Crippen MR) is 116 cm³/mol. The molecule has 2 nitrogen and oxygen atoms in total. The standard InChI is InChI=1S/C24H19N2P/c1-2-5-12-20(11-4-1)27(21-13-6-3-7-14-21)24-18-25-26-22-15-9-8-10-19(22)16-17-23(24)26/h1,3-18H,2H2. The number of aromatic nitrogens is 2. The van der Waals surface area contributed by atoms with Crippen LogP contribution in [0, 0.1) is 0 Å². The van der Waals surface area contributed by atoms with E-state index in [0.717, 1.165) is 11.9 Å². The summed E-state index contributed by atoms with van der Waals surface area (Å²) >= 11 is 0. The number of allylic oxidation sites excluding steroid dienone is 6. The summed E-state index contributed by atoms with van der Waals surface area (Å²) in [7, 11) is -0.665. The molecule has 2 heterocycles. The molecule has 0 spiro atoms. The van der Waals surface area contributed by atoms with E-state index in [4.69, 9.17) is 5.10 Å². The van der Waals surface area contributed by atoms with E-state index >= 15 is 0 Å². The van der Waals surface area contributed by atoms with Crippen LogP contribution < -0.4 is 10.6 Å². The van der Waals surface area contributed by atoms with Crippen LogP contribution in [0.25, 0.3) is 16.4 Å². The summed E-state index contributed by atoms with van der Waals surface area (Å²) in [6, 6.07) is 23.6. The molecule has 0 radical (unpaired) electrons. The van der Waals surface area contributed by atoms with Crippen LogP contribution in [-0.4, -0.2) is 9.61 Å². The SMILES string of the molecule is C1=CCC=CC(P(c2ccccc2)c2cnn3c2ccc2ccccc23)=C1. The summed E-state index contributed by atoms with van der Waals surface area (Å²) in [6.07, 6.45) is 14.2. The first kappa shape index (κ1) is 16.2. The lowest BCUT2D eigenvalue weighted by molar-refractivity contribution is 1.00. The Kier molecular flexibility index (Phi) is 4.20. The number of para-hydroxylation sites is 1. The second-order valence-corrected chi connectivity index (χ2v) is 8.73. The fourth-order valence-corrected chi connectivity index (χ4v) is 5.96. The lowest BCUT2D eigenvalue weighted by atomic mass is 10.2. The minimum Gasteiger partial charge on any atom is -0.232 e. The van der Waals surface area contributed by atoms with Gasteiger partial charge in [-0.05, 0) is 37.1 Å². The molecule has 2 aromatic carbocycles. The zero-order valence-corrected chi connectivity index (χ0v) is 15.8. The average molecular weight is 366 g/mol. The van der Waals surface area contributed by atoms with Crippen LogP contribution in [0.2, 0.25) is 0 Å². The molecule has 0 bridgehead atoms. The summed E-state index contributed by atoms with van der Waals surface area (Å²) in [5.74, 6) is 0. The molecule has 0 N–H and O–H groups in total. The summed E-state index contributed by atoms with van der Waals surface area (Å²) < 4.78 is 2.08. The molecule has 1 unspecified atom stereocenters. The monoisotopic (exact) mass is 366 g/mol. The molecule has 27 heavy (non-hydrogen) atoms. The zero-order chi connectivity index (χ0) is 18.1. The van der Waals surface area contributed by atoms with Gasteiger partial charge in [-0.2, -0.15) is 5.10 Å².